The normalized spacial score (nSPS) is 14.0. The second kappa shape index (κ2) is 7.85. The van der Waals surface area contributed by atoms with Gasteiger partial charge in [0.15, 0.2) is 0 Å². The van der Waals surface area contributed by atoms with E-state index in [-0.39, 0.29) is 6.04 Å². The van der Waals surface area contributed by atoms with E-state index in [1.165, 1.54) is 15.6 Å². The molecule has 5 heteroatoms. The molecule has 0 fully saturated rings. The van der Waals surface area contributed by atoms with Gasteiger partial charge in [-0.3, -0.25) is 0 Å². The van der Waals surface area contributed by atoms with Crippen LogP contribution in [0.1, 0.15) is 24.2 Å². The minimum Gasteiger partial charge on any atom is -0.387 e. The Labute approximate surface area is 156 Å². The fourth-order valence-electron chi connectivity index (χ4n) is 2.76. The summed E-state index contributed by atoms with van der Waals surface area (Å²) in [6, 6.07) is 13.6. The Balaban J connectivity index is 1.61. The van der Waals surface area contributed by atoms with Crippen molar-refractivity contribution in [2.75, 3.05) is 6.54 Å². The Morgan fingerprint density at radius 3 is 2.71 bits per heavy atom. The molecule has 0 amide bonds. The second-order valence-electron chi connectivity index (χ2n) is 5.99. The van der Waals surface area contributed by atoms with Gasteiger partial charge in [-0.2, -0.15) is 0 Å². The van der Waals surface area contributed by atoms with Crippen molar-refractivity contribution in [2.24, 2.45) is 0 Å². The first kappa shape index (κ1) is 17.7. The first-order valence-corrected chi connectivity index (χ1v) is 9.49. The van der Waals surface area contributed by atoms with Gasteiger partial charge in [0.05, 0.1) is 6.10 Å². The molecule has 2 aromatic carbocycles. The monoisotopic (exact) mass is 379 g/mol. The standard InChI is InChI=1S/C19H19Cl2NOS/c1-12(22-10-18(23)13-3-2-4-15(20)8-13)7-14-11-24-19-6-5-16(21)9-17(14)19/h2-6,8-9,11-12,18,22-23H,7,10H2,1H3. The van der Waals surface area contributed by atoms with Crippen molar-refractivity contribution in [1.82, 2.24) is 5.32 Å². The zero-order chi connectivity index (χ0) is 17.1. The van der Waals surface area contributed by atoms with Gasteiger partial charge in [0.2, 0.25) is 0 Å². The summed E-state index contributed by atoms with van der Waals surface area (Å²) in [5.74, 6) is 0. The molecule has 0 aliphatic carbocycles. The van der Waals surface area contributed by atoms with Crippen LogP contribution in [0.3, 0.4) is 0 Å². The van der Waals surface area contributed by atoms with E-state index < -0.39 is 6.10 Å². The maximum Gasteiger partial charge on any atom is 0.0914 e. The maximum absolute atomic E-state index is 10.3. The summed E-state index contributed by atoms with van der Waals surface area (Å²) in [6.07, 6.45) is 0.322. The number of hydrogen-bond donors (Lipinski definition) is 2. The lowest BCUT2D eigenvalue weighted by atomic mass is 10.1. The van der Waals surface area contributed by atoms with E-state index in [0.717, 1.165) is 17.0 Å². The van der Waals surface area contributed by atoms with E-state index in [1.807, 2.05) is 24.3 Å². The third-order valence-electron chi connectivity index (χ3n) is 4.03. The van der Waals surface area contributed by atoms with E-state index in [0.29, 0.717) is 11.6 Å². The quantitative estimate of drug-likeness (QED) is 0.595. The number of nitrogens with one attached hydrogen (secondary N) is 1. The summed E-state index contributed by atoms with van der Waals surface area (Å²) in [5.41, 5.74) is 2.12. The van der Waals surface area contributed by atoms with Crippen molar-refractivity contribution in [1.29, 1.82) is 0 Å². The number of fused-ring (bicyclic) bond motifs is 1. The summed E-state index contributed by atoms with van der Waals surface area (Å²) in [7, 11) is 0. The van der Waals surface area contributed by atoms with E-state index in [1.54, 1.807) is 23.5 Å². The maximum atomic E-state index is 10.3. The van der Waals surface area contributed by atoms with E-state index in [4.69, 9.17) is 23.2 Å². The third kappa shape index (κ3) is 4.29. The lowest BCUT2D eigenvalue weighted by Crippen LogP contribution is -2.32. The molecule has 0 spiro atoms. The van der Waals surface area contributed by atoms with Crippen molar-refractivity contribution in [3.8, 4) is 0 Å². The molecule has 0 aliphatic heterocycles. The Hall–Kier alpha value is -1.10. The third-order valence-corrected chi connectivity index (χ3v) is 5.52. The molecule has 2 atom stereocenters. The summed E-state index contributed by atoms with van der Waals surface area (Å²) in [6.45, 7) is 2.61. The molecule has 2 unspecified atom stereocenters. The van der Waals surface area contributed by atoms with Gasteiger partial charge in [-0.25, -0.2) is 0 Å². The van der Waals surface area contributed by atoms with Crippen LogP contribution in [-0.2, 0) is 6.42 Å². The number of rotatable bonds is 6. The van der Waals surface area contributed by atoms with Gasteiger partial charge < -0.3 is 10.4 Å². The molecule has 0 aliphatic rings. The highest BCUT2D eigenvalue weighted by atomic mass is 35.5. The molecule has 1 aromatic heterocycles. The van der Waals surface area contributed by atoms with Crippen LogP contribution in [0.2, 0.25) is 10.0 Å². The number of thiophene rings is 1. The molecular formula is C19H19Cl2NOS. The Bertz CT molecular complexity index is 833. The summed E-state index contributed by atoms with van der Waals surface area (Å²) in [4.78, 5) is 0. The molecule has 0 bridgehead atoms. The highest BCUT2D eigenvalue weighted by Gasteiger charge is 2.12. The van der Waals surface area contributed by atoms with Crippen molar-refractivity contribution >= 4 is 44.6 Å². The minimum absolute atomic E-state index is 0.246. The lowest BCUT2D eigenvalue weighted by Gasteiger charge is -2.17. The van der Waals surface area contributed by atoms with Gasteiger partial charge in [0.1, 0.15) is 0 Å². The van der Waals surface area contributed by atoms with Gasteiger partial charge in [-0.1, -0.05) is 35.3 Å². The average molecular weight is 380 g/mol. The van der Waals surface area contributed by atoms with Gasteiger partial charge in [0.25, 0.3) is 0 Å². The SMILES string of the molecule is CC(Cc1csc2ccc(Cl)cc12)NCC(O)c1cccc(Cl)c1. The summed E-state index contributed by atoms with van der Waals surface area (Å²) in [5, 5.41) is 18.5. The number of aliphatic hydroxyl groups is 1. The van der Waals surface area contributed by atoms with Crippen molar-refractivity contribution < 1.29 is 5.11 Å². The molecule has 126 valence electrons. The molecule has 2 N–H and O–H groups in total. The van der Waals surface area contributed by atoms with Crippen LogP contribution in [0.5, 0.6) is 0 Å². The smallest absolute Gasteiger partial charge is 0.0914 e. The molecule has 1 heterocycles. The largest absolute Gasteiger partial charge is 0.387 e. The zero-order valence-electron chi connectivity index (χ0n) is 13.3. The average Bonchev–Trinajstić information content (AvgIpc) is 2.95. The lowest BCUT2D eigenvalue weighted by molar-refractivity contribution is 0.170. The highest BCUT2D eigenvalue weighted by Crippen LogP contribution is 2.29. The van der Waals surface area contributed by atoms with Crippen LogP contribution in [0, 0.1) is 0 Å². The Kier molecular flexibility index (Phi) is 5.80. The van der Waals surface area contributed by atoms with Crippen molar-refractivity contribution in [3.05, 3.63) is 69.0 Å². The molecule has 24 heavy (non-hydrogen) atoms. The number of hydrogen-bond acceptors (Lipinski definition) is 3. The van der Waals surface area contributed by atoms with Crippen molar-refractivity contribution in [3.63, 3.8) is 0 Å². The molecular weight excluding hydrogens is 361 g/mol. The number of aliphatic hydroxyl groups excluding tert-OH is 1. The fraction of sp³-hybridized carbons (Fsp3) is 0.263. The van der Waals surface area contributed by atoms with Crippen LogP contribution in [0.15, 0.2) is 47.8 Å². The molecule has 3 aromatic rings. The zero-order valence-corrected chi connectivity index (χ0v) is 15.6. The number of benzene rings is 2. The first-order valence-electron chi connectivity index (χ1n) is 7.85. The van der Waals surface area contributed by atoms with Gasteiger partial charge in [0, 0.05) is 27.3 Å². The van der Waals surface area contributed by atoms with Crippen molar-refractivity contribution in [2.45, 2.75) is 25.5 Å². The van der Waals surface area contributed by atoms with Gasteiger partial charge >= 0.3 is 0 Å². The highest BCUT2D eigenvalue weighted by molar-refractivity contribution is 7.17. The van der Waals surface area contributed by atoms with Crippen LogP contribution < -0.4 is 5.32 Å². The summed E-state index contributed by atoms with van der Waals surface area (Å²) < 4.78 is 1.25. The van der Waals surface area contributed by atoms with E-state index in [2.05, 4.69) is 23.7 Å². The molecule has 3 rings (SSSR count). The van der Waals surface area contributed by atoms with Crippen LogP contribution >= 0.6 is 34.5 Å². The van der Waals surface area contributed by atoms with Gasteiger partial charge in [-0.05, 0) is 65.6 Å². The fourth-order valence-corrected chi connectivity index (χ4v) is 4.09. The molecule has 2 nitrogen and oxygen atoms in total. The van der Waals surface area contributed by atoms with E-state index in [9.17, 15) is 5.11 Å². The topological polar surface area (TPSA) is 32.3 Å². The first-order chi connectivity index (χ1) is 11.5. The number of halogens is 2. The molecule has 0 saturated heterocycles. The predicted molar refractivity (Wildman–Crippen MR) is 104 cm³/mol. The van der Waals surface area contributed by atoms with E-state index >= 15 is 0 Å². The minimum atomic E-state index is -0.570. The van der Waals surface area contributed by atoms with Crippen LogP contribution in [0.25, 0.3) is 10.1 Å². The van der Waals surface area contributed by atoms with Crippen LogP contribution in [0.4, 0.5) is 0 Å². The second-order valence-corrected chi connectivity index (χ2v) is 7.77. The van der Waals surface area contributed by atoms with Crippen LogP contribution in [-0.4, -0.2) is 17.7 Å². The van der Waals surface area contributed by atoms with Gasteiger partial charge in [-0.15, -0.1) is 11.3 Å². The molecule has 0 radical (unpaired) electrons. The Morgan fingerprint density at radius 2 is 1.92 bits per heavy atom. The predicted octanol–water partition coefficient (Wildman–Crippen LogP) is 5.46. The summed E-state index contributed by atoms with van der Waals surface area (Å²) >= 11 is 13.8. The molecule has 0 saturated carbocycles. The Morgan fingerprint density at radius 1 is 1.12 bits per heavy atom.